The molecule has 4 nitrogen and oxygen atoms in total. The highest BCUT2D eigenvalue weighted by atomic mass is 32.2. The molecule has 1 fully saturated rings. The summed E-state index contributed by atoms with van der Waals surface area (Å²) in [7, 11) is -3.24. The van der Waals surface area contributed by atoms with Crippen molar-refractivity contribution in [3.8, 4) is 0 Å². The van der Waals surface area contributed by atoms with Gasteiger partial charge in [-0.25, -0.2) is 8.42 Å². The van der Waals surface area contributed by atoms with E-state index in [9.17, 15) is 18.0 Å². The van der Waals surface area contributed by atoms with Gasteiger partial charge >= 0.3 is 0 Å². The highest BCUT2D eigenvalue weighted by Gasteiger charge is 2.26. The monoisotopic (exact) mass is 280 g/mol. The molecule has 0 bridgehead atoms. The Hall–Kier alpha value is -1.49. The van der Waals surface area contributed by atoms with E-state index in [2.05, 4.69) is 0 Å². The molecule has 1 aromatic rings. The first kappa shape index (κ1) is 13.9. The molecule has 0 aliphatic heterocycles. The first-order chi connectivity index (χ1) is 8.88. The van der Waals surface area contributed by atoms with Crippen LogP contribution in [0.15, 0.2) is 29.2 Å². The molecule has 102 valence electrons. The summed E-state index contributed by atoms with van der Waals surface area (Å²) in [5.41, 5.74) is 0.465. The lowest BCUT2D eigenvalue weighted by Gasteiger charge is -2.07. The summed E-state index contributed by atoms with van der Waals surface area (Å²) in [6.07, 6.45) is 3.58. The van der Waals surface area contributed by atoms with Gasteiger partial charge in [0, 0.05) is 30.6 Å². The third-order valence-electron chi connectivity index (χ3n) is 3.47. The van der Waals surface area contributed by atoms with Crippen LogP contribution in [0.1, 0.15) is 36.0 Å². The quantitative estimate of drug-likeness (QED) is 0.791. The van der Waals surface area contributed by atoms with Crippen molar-refractivity contribution < 1.29 is 18.0 Å². The number of benzene rings is 1. The Kier molecular flexibility index (Phi) is 3.85. The zero-order chi connectivity index (χ0) is 14.0. The Morgan fingerprint density at radius 1 is 1.26 bits per heavy atom. The molecule has 0 radical (unpaired) electrons. The van der Waals surface area contributed by atoms with Gasteiger partial charge in [0.2, 0.25) is 0 Å². The van der Waals surface area contributed by atoms with Crippen LogP contribution < -0.4 is 0 Å². The molecule has 1 aliphatic carbocycles. The molecule has 0 aromatic heterocycles. The van der Waals surface area contributed by atoms with Crippen molar-refractivity contribution >= 4 is 21.4 Å². The van der Waals surface area contributed by atoms with Crippen LogP contribution in [0.3, 0.4) is 0 Å². The van der Waals surface area contributed by atoms with E-state index in [4.69, 9.17) is 0 Å². The van der Waals surface area contributed by atoms with Gasteiger partial charge in [-0.3, -0.25) is 9.59 Å². The van der Waals surface area contributed by atoms with Gasteiger partial charge in [0.15, 0.2) is 15.6 Å². The summed E-state index contributed by atoms with van der Waals surface area (Å²) in [6, 6.07) is 5.88. The van der Waals surface area contributed by atoms with Crippen molar-refractivity contribution in [2.45, 2.75) is 30.6 Å². The van der Waals surface area contributed by atoms with E-state index in [1.165, 1.54) is 24.3 Å². The zero-order valence-electron chi connectivity index (χ0n) is 10.8. The van der Waals surface area contributed by atoms with Crippen molar-refractivity contribution in [2.75, 3.05) is 6.26 Å². The van der Waals surface area contributed by atoms with Gasteiger partial charge in [-0.1, -0.05) is 12.1 Å². The molecule has 19 heavy (non-hydrogen) atoms. The minimum atomic E-state index is -3.24. The Labute approximate surface area is 112 Å². The molecule has 0 amide bonds. The van der Waals surface area contributed by atoms with E-state index < -0.39 is 9.84 Å². The second-order valence-electron chi connectivity index (χ2n) is 4.98. The summed E-state index contributed by atoms with van der Waals surface area (Å²) in [4.78, 5) is 23.7. The predicted molar refractivity (Wildman–Crippen MR) is 70.8 cm³/mol. The second kappa shape index (κ2) is 5.25. The number of carbonyl (C=O) groups is 2. The molecular formula is C14H16O4S. The van der Waals surface area contributed by atoms with Gasteiger partial charge in [0.05, 0.1) is 4.90 Å². The standard InChI is InChI=1S/C14H16O4S/c1-19(17,18)12-7-5-10(6-8-12)14(16)9-11-3-2-4-13(11)15/h5-8,11H,2-4,9H2,1H3. The molecule has 0 heterocycles. The van der Waals surface area contributed by atoms with Crippen LogP contribution in [-0.4, -0.2) is 26.2 Å². The molecule has 0 spiro atoms. The molecular weight excluding hydrogens is 264 g/mol. The van der Waals surface area contributed by atoms with E-state index in [0.29, 0.717) is 12.0 Å². The maximum atomic E-state index is 12.0. The summed E-state index contributed by atoms with van der Waals surface area (Å²) in [6.45, 7) is 0. The maximum Gasteiger partial charge on any atom is 0.175 e. The minimum Gasteiger partial charge on any atom is -0.299 e. The molecule has 2 rings (SSSR count). The summed E-state index contributed by atoms with van der Waals surface area (Å²) in [5.74, 6) is -0.0801. The first-order valence-electron chi connectivity index (χ1n) is 6.24. The molecule has 5 heteroatoms. The highest BCUT2D eigenvalue weighted by molar-refractivity contribution is 7.90. The average Bonchev–Trinajstić information content (AvgIpc) is 2.74. The topological polar surface area (TPSA) is 68.3 Å². The number of carbonyl (C=O) groups excluding carboxylic acids is 2. The van der Waals surface area contributed by atoms with E-state index in [-0.39, 0.29) is 28.8 Å². The summed E-state index contributed by atoms with van der Waals surface area (Å²) >= 11 is 0. The number of Topliss-reactive ketones (excluding diaryl/α,β-unsaturated/α-hetero) is 2. The SMILES string of the molecule is CS(=O)(=O)c1ccc(C(=O)CC2CCCC2=O)cc1. The fourth-order valence-corrected chi connectivity index (χ4v) is 2.96. The fraction of sp³-hybridized carbons (Fsp3) is 0.429. The fourth-order valence-electron chi connectivity index (χ4n) is 2.33. The minimum absolute atomic E-state index is 0.0969. The largest absolute Gasteiger partial charge is 0.299 e. The number of rotatable bonds is 4. The highest BCUT2D eigenvalue weighted by Crippen LogP contribution is 2.26. The third-order valence-corrected chi connectivity index (χ3v) is 4.60. The van der Waals surface area contributed by atoms with Gasteiger partial charge in [0.25, 0.3) is 0 Å². The van der Waals surface area contributed by atoms with E-state index in [0.717, 1.165) is 19.1 Å². The van der Waals surface area contributed by atoms with Gasteiger partial charge in [-0.15, -0.1) is 0 Å². The molecule has 1 saturated carbocycles. The Balaban J connectivity index is 2.10. The molecule has 1 aromatic carbocycles. The number of sulfone groups is 1. The third kappa shape index (κ3) is 3.29. The van der Waals surface area contributed by atoms with Crippen LogP contribution in [0.25, 0.3) is 0 Å². The van der Waals surface area contributed by atoms with Gasteiger partial charge < -0.3 is 0 Å². The molecule has 1 atom stereocenters. The van der Waals surface area contributed by atoms with Crippen molar-refractivity contribution in [2.24, 2.45) is 5.92 Å². The first-order valence-corrected chi connectivity index (χ1v) is 8.13. The van der Waals surface area contributed by atoms with Crippen LogP contribution in [0.5, 0.6) is 0 Å². The van der Waals surface area contributed by atoms with Gasteiger partial charge in [-0.05, 0) is 25.0 Å². The molecule has 1 aliphatic rings. The Bertz CT molecular complexity index is 599. The average molecular weight is 280 g/mol. The van der Waals surface area contributed by atoms with Crippen LogP contribution in [0.2, 0.25) is 0 Å². The van der Waals surface area contributed by atoms with Gasteiger partial charge in [-0.2, -0.15) is 0 Å². The maximum absolute atomic E-state index is 12.0. The second-order valence-corrected chi connectivity index (χ2v) is 7.00. The molecule has 0 saturated heterocycles. The van der Waals surface area contributed by atoms with Gasteiger partial charge in [0.1, 0.15) is 5.78 Å². The van der Waals surface area contributed by atoms with Crippen LogP contribution >= 0.6 is 0 Å². The lowest BCUT2D eigenvalue weighted by Crippen LogP contribution is -2.12. The van der Waals surface area contributed by atoms with Crippen molar-refractivity contribution in [1.82, 2.24) is 0 Å². The van der Waals surface area contributed by atoms with Crippen molar-refractivity contribution in [3.05, 3.63) is 29.8 Å². The lowest BCUT2D eigenvalue weighted by molar-refractivity contribution is -0.120. The lowest BCUT2D eigenvalue weighted by atomic mass is 9.96. The zero-order valence-corrected chi connectivity index (χ0v) is 11.6. The van der Waals surface area contributed by atoms with Crippen molar-refractivity contribution in [3.63, 3.8) is 0 Å². The van der Waals surface area contributed by atoms with E-state index in [1.54, 1.807) is 0 Å². The predicted octanol–water partition coefficient (Wildman–Crippen LogP) is 2.03. The molecule has 0 N–H and O–H groups in total. The van der Waals surface area contributed by atoms with Crippen LogP contribution in [0.4, 0.5) is 0 Å². The Morgan fingerprint density at radius 3 is 2.37 bits per heavy atom. The van der Waals surface area contributed by atoms with Crippen LogP contribution in [-0.2, 0) is 14.6 Å². The van der Waals surface area contributed by atoms with E-state index >= 15 is 0 Å². The number of ketones is 2. The number of hydrogen-bond donors (Lipinski definition) is 0. The smallest absolute Gasteiger partial charge is 0.175 e. The summed E-state index contributed by atoms with van der Waals surface area (Å²) in [5, 5.41) is 0. The van der Waals surface area contributed by atoms with Crippen LogP contribution in [0, 0.1) is 5.92 Å². The molecule has 1 unspecified atom stereocenters. The van der Waals surface area contributed by atoms with Crippen molar-refractivity contribution in [1.29, 1.82) is 0 Å². The normalized spacial score (nSPS) is 19.6. The summed E-state index contributed by atoms with van der Waals surface area (Å²) < 4.78 is 22.6. The number of hydrogen-bond acceptors (Lipinski definition) is 4. The Morgan fingerprint density at radius 2 is 1.89 bits per heavy atom. The van der Waals surface area contributed by atoms with E-state index in [1.807, 2.05) is 0 Å².